The Morgan fingerprint density at radius 1 is 1.50 bits per heavy atom. The summed E-state index contributed by atoms with van der Waals surface area (Å²) < 4.78 is 5.19. The van der Waals surface area contributed by atoms with Crippen molar-refractivity contribution in [1.82, 2.24) is 10.2 Å². The van der Waals surface area contributed by atoms with E-state index in [-0.39, 0.29) is 6.04 Å². The van der Waals surface area contributed by atoms with Crippen molar-refractivity contribution in [2.45, 2.75) is 6.04 Å². The SMILES string of the molecule is COc1ccc(O)c(C2CNCCN2C)c1. The van der Waals surface area contributed by atoms with Gasteiger partial charge in [0.1, 0.15) is 11.5 Å². The molecule has 1 aliphatic heterocycles. The average Bonchev–Trinajstić information content (AvgIpc) is 2.31. The lowest BCUT2D eigenvalue weighted by Gasteiger charge is -2.33. The number of likely N-dealkylation sites (N-methyl/N-ethyl adjacent to an activating group) is 1. The number of ether oxygens (including phenoxy) is 1. The van der Waals surface area contributed by atoms with Gasteiger partial charge in [-0.3, -0.25) is 4.90 Å². The van der Waals surface area contributed by atoms with Gasteiger partial charge in [0.15, 0.2) is 0 Å². The fraction of sp³-hybridized carbons (Fsp3) is 0.500. The molecule has 0 spiro atoms. The van der Waals surface area contributed by atoms with Crippen LogP contribution in [0.25, 0.3) is 0 Å². The second-order valence-electron chi connectivity index (χ2n) is 4.13. The summed E-state index contributed by atoms with van der Waals surface area (Å²) in [6.07, 6.45) is 0. The van der Waals surface area contributed by atoms with Crippen LogP contribution in [0.2, 0.25) is 0 Å². The molecule has 16 heavy (non-hydrogen) atoms. The predicted octanol–water partition coefficient (Wildman–Crippen LogP) is 0.977. The van der Waals surface area contributed by atoms with Crippen molar-refractivity contribution in [1.29, 1.82) is 0 Å². The van der Waals surface area contributed by atoms with Crippen LogP contribution in [0.3, 0.4) is 0 Å². The molecule has 2 N–H and O–H groups in total. The zero-order valence-electron chi connectivity index (χ0n) is 9.73. The number of nitrogens with zero attached hydrogens (tertiary/aromatic N) is 1. The largest absolute Gasteiger partial charge is 0.508 e. The highest BCUT2D eigenvalue weighted by Gasteiger charge is 2.23. The van der Waals surface area contributed by atoms with Crippen LogP contribution in [0, 0.1) is 0 Å². The van der Waals surface area contributed by atoms with Crippen molar-refractivity contribution in [3.8, 4) is 11.5 Å². The number of methoxy groups -OCH3 is 1. The second-order valence-corrected chi connectivity index (χ2v) is 4.13. The molecule has 0 amide bonds. The molecular weight excluding hydrogens is 204 g/mol. The summed E-state index contributed by atoms with van der Waals surface area (Å²) in [5.41, 5.74) is 0.925. The van der Waals surface area contributed by atoms with Gasteiger partial charge in [-0.15, -0.1) is 0 Å². The number of hydrogen-bond donors (Lipinski definition) is 2. The zero-order valence-corrected chi connectivity index (χ0v) is 9.73. The van der Waals surface area contributed by atoms with Crippen molar-refractivity contribution < 1.29 is 9.84 Å². The Morgan fingerprint density at radius 3 is 3.00 bits per heavy atom. The molecular formula is C12H18N2O2. The summed E-state index contributed by atoms with van der Waals surface area (Å²) in [5, 5.41) is 13.2. The smallest absolute Gasteiger partial charge is 0.120 e. The third kappa shape index (κ3) is 2.13. The van der Waals surface area contributed by atoms with Crippen LogP contribution < -0.4 is 10.1 Å². The molecule has 1 heterocycles. The first-order valence-electron chi connectivity index (χ1n) is 5.50. The summed E-state index contributed by atoms with van der Waals surface area (Å²) in [4.78, 5) is 2.24. The zero-order chi connectivity index (χ0) is 11.5. The molecule has 0 aliphatic carbocycles. The fourth-order valence-electron chi connectivity index (χ4n) is 2.08. The van der Waals surface area contributed by atoms with Gasteiger partial charge in [0.05, 0.1) is 13.2 Å². The molecule has 1 saturated heterocycles. The molecule has 1 aromatic carbocycles. The maximum Gasteiger partial charge on any atom is 0.120 e. The van der Waals surface area contributed by atoms with E-state index in [1.54, 1.807) is 19.2 Å². The van der Waals surface area contributed by atoms with Gasteiger partial charge in [-0.25, -0.2) is 0 Å². The summed E-state index contributed by atoms with van der Waals surface area (Å²) in [6.45, 7) is 2.84. The quantitative estimate of drug-likeness (QED) is 0.783. The number of piperazine rings is 1. The molecule has 4 heteroatoms. The fourth-order valence-corrected chi connectivity index (χ4v) is 2.08. The lowest BCUT2D eigenvalue weighted by molar-refractivity contribution is 0.198. The standard InChI is InChI=1S/C12H18N2O2/c1-14-6-5-13-8-11(14)10-7-9(16-2)3-4-12(10)15/h3-4,7,11,13,15H,5-6,8H2,1-2H3. The molecule has 4 nitrogen and oxygen atoms in total. The van der Waals surface area contributed by atoms with Gasteiger partial charge in [-0.05, 0) is 25.2 Å². The minimum Gasteiger partial charge on any atom is -0.508 e. The van der Waals surface area contributed by atoms with Gasteiger partial charge in [0.25, 0.3) is 0 Å². The molecule has 0 saturated carbocycles. The minimum atomic E-state index is 0.212. The first-order valence-corrected chi connectivity index (χ1v) is 5.50. The van der Waals surface area contributed by atoms with E-state index in [0.717, 1.165) is 30.9 Å². The number of phenols is 1. The average molecular weight is 222 g/mol. The first kappa shape index (κ1) is 11.2. The summed E-state index contributed by atoms with van der Waals surface area (Å²) in [5.74, 6) is 1.12. The summed E-state index contributed by atoms with van der Waals surface area (Å²) in [6, 6.07) is 5.58. The molecule has 1 atom stereocenters. The molecule has 2 rings (SSSR count). The van der Waals surface area contributed by atoms with E-state index in [0.29, 0.717) is 5.75 Å². The van der Waals surface area contributed by atoms with E-state index in [4.69, 9.17) is 4.74 Å². The van der Waals surface area contributed by atoms with E-state index in [9.17, 15) is 5.11 Å². The van der Waals surface area contributed by atoms with Crippen molar-refractivity contribution in [3.05, 3.63) is 23.8 Å². The number of benzene rings is 1. The Labute approximate surface area is 95.8 Å². The molecule has 1 fully saturated rings. The molecule has 88 valence electrons. The van der Waals surface area contributed by atoms with Crippen LogP contribution in [0.5, 0.6) is 11.5 Å². The molecule has 0 radical (unpaired) electrons. The number of hydrogen-bond acceptors (Lipinski definition) is 4. The molecule has 1 unspecified atom stereocenters. The third-order valence-corrected chi connectivity index (χ3v) is 3.10. The monoisotopic (exact) mass is 222 g/mol. The molecule has 1 aromatic rings. The van der Waals surface area contributed by atoms with Gasteiger partial charge in [-0.2, -0.15) is 0 Å². The number of rotatable bonds is 2. The van der Waals surface area contributed by atoms with Gasteiger partial charge >= 0.3 is 0 Å². The van der Waals surface area contributed by atoms with Gasteiger partial charge in [0, 0.05) is 25.2 Å². The van der Waals surface area contributed by atoms with Crippen LogP contribution >= 0.6 is 0 Å². The van der Waals surface area contributed by atoms with Crippen molar-refractivity contribution in [3.63, 3.8) is 0 Å². The van der Waals surface area contributed by atoms with Gasteiger partial charge < -0.3 is 15.2 Å². The van der Waals surface area contributed by atoms with Crippen molar-refractivity contribution >= 4 is 0 Å². The maximum atomic E-state index is 9.89. The summed E-state index contributed by atoms with van der Waals surface area (Å²) >= 11 is 0. The van der Waals surface area contributed by atoms with E-state index in [1.807, 2.05) is 6.07 Å². The van der Waals surface area contributed by atoms with E-state index in [1.165, 1.54) is 0 Å². The minimum absolute atomic E-state index is 0.212. The highest BCUT2D eigenvalue weighted by Crippen LogP contribution is 2.31. The number of phenolic OH excluding ortho intramolecular Hbond substituents is 1. The predicted molar refractivity (Wildman–Crippen MR) is 62.9 cm³/mol. The van der Waals surface area contributed by atoms with Crippen LogP contribution in [-0.4, -0.2) is 43.8 Å². The highest BCUT2D eigenvalue weighted by atomic mass is 16.5. The Balaban J connectivity index is 2.30. The Kier molecular flexibility index (Phi) is 3.31. The van der Waals surface area contributed by atoms with Gasteiger partial charge in [-0.1, -0.05) is 0 Å². The normalized spacial score (nSPS) is 22.0. The molecule has 0 bridgehead atoms. The highest BCUT2D eigenvalue weighted by molar-refractivity contribution is 5.41. The van der Waals surface area contributed by atoms with Crippen LogP contribution in [-0.2, 0) is 0 Å². The first-order chi connectivity index (χ1) is 7.72. The number of nitrogens with one attached hydrogen (secondary N) is 1. The number of aromatic hydroxyl groups is 1. The van der Waals surface area contributed by atoms with Crippen LogP contribution in [0.15, 0.2) is 18.2 Å². The summed E-state index contributed by atoms with van der Waals surface area (Å²) in [7, 11) is 3.71. The van der Waals surface area contributed by atoms with E-state index in [2.05, 4.69) is 17.3 Å². The third-order valence-electron chi connectivity index (χ3n) is 3.10. The lowest BCUT2D eigenvalue weighted by Crippen LogP contribution is -2.43. The van der Waals surface area contributed by atoms with E-state index >= 15 is 0 Å². The molecule has 1 aliphatic rings. The van der Waals surface area contributed by atoms with E-state index < -0.39 is 0 Å². The van der Waals surface area contributed by atoms with Crippen molar-refractivity contribution in [2.24, 2.45) is 0 Å². The topological polar surface area (TPSA) is 44.7 Å². The second kappa shape index (κ2) is 4.72. The van der Waals surface area contributed by atoms with Crippen LogP contribution in [0.1, 0.15) is 11.6 Å². The lowest BCUT2D eigenvalue weighted by atomic mass is 10.0. The maximum absolute atomic E-state index is 9.89. The Hall–Kier alpha value is -1.26. The van der Waals surface area contributed by atoms with Gasteiger partial charge in [0.2, 0.25) is 0 Å². The Bertz CT molecular complexity index is 368. The molecule has 0 aromatic heterocycles. The van der Waals surface area contributed by atoms with Crippen molar-refractivity contribution in [2.75, 3.05) is 33.8 Å². The Morgan fingerprint density at radius 2 is 2.31 bits per heavy atom. The van der Waals surface area contributed by atoms with Crippen LogP contribution in [0.4, 0.5) is 0 Å².